The lowest BCUT2D eigenvalue weighted by Gasteiger charge is -2.06. The van der Waals surface area contributed by atoms with Gasteiger partial charge in [0.15, 0.2) is 5.82 Å². The van der Waals surface area contributed by atoms with Crippen molar-refractivity contribution in [1.82, 2.24) is 20.1 Å². The molecule has 0 aliphatic heterocycles. The van der Waals surface area contributed by atoms with Crippen molar-refractivity contribution in [3.63, 3.8) is 0 Å². The van der Waals surface area contributed by atoms with E-state index in [2.05, 4.69) is 22.3 Å². The van der Waals surface area contributed by atoms with Gasteiger partial charge in [0.05, 0.1) is 6.54 Å². The molecule has 1 N–H and O–H groups in total. The molecule has 0 radical (unpaired) electrons. The van der Waals surface area contributed by atoms with E-state index in [0.29, 0.717) is 12.1 Å². The van der Waals surface area contributed by atoms with Crippen molar-refractivity contribution < 1.29 is 4.79 Å². The van der Waals surface area contributed by atoms with Crippen molar-refractivity contribution in [3.05, 3.63) is 47.0 Å². The molecular weight excluding hydrogens is 252 g/mol. The highest BCUT2D eigenvalue weighted by Crippen LogP contribution is 2.09. The SMILES string of the molecule is CCc1nc(CC)n(Cc2cccc(C(=O)NC)c2)n1. The van der Waals surface area contributed by atoms with Gasteiger partial charge in [-0.25, -0.2) is 9.67 Å². The van der Waals surface area contributed by atoms with Crippen LogP contribution >= 0.6 is 0 Å². The smallest absolute Gasteiger partial charge is 0.251 e. The number of aromatic nitrogens is 3. The first-order valence-corrected chi connectivity index (χ1v) is 6.91. The molecule has 0 aliphatic rings. The fraction of sp³-hybridized carbons (Fsp3) is 0.400. The van der Waals surface area contributed by atoms with Crippen LogP contribution in [0.25, 0.3) is 0 Å². The molecule has 1 aromatic carbocycles. The molecule has 0 fully saturated rings. The molecular formula is C15H20N4O. The molecule has 1 heterocycles. The molecule has 2 aromatic rings. The highest BCUT2D eigenvalue weighted by atomic mass is 16.1. The normalized spacial score (nSPS) is 10.6. The average molecular weight is 272 g/mol. The second-order valence-electron chi connectivity index (χ2n) is 4.59. The van der Waals surface area contributed by atoms with Gasteiger partial charge in [-0.15, -0.1) is 0 Å². The first kappa shape index (κ1) is 14.2. The Balaban J connectivity index is 2.25. The van der Waals surface area contributed by atoms with Crippen LogP contribution in [0.15, 0.2) is 24.3 Å². The molecule has 5 nitrogen and oxygen atoms in total. The van der Waals surface area contributed by atoms with E-state index in [0.717, 1.165) is 30.1 Å². The monoisotopic (exact) mass is 272 g/mol. The Morgan fingerprint density at radius 1 is 1.30 bits per heavy atom. The minimum absolute atomic E-state index is 0.0737. The maximum Gasteiger partial charge on any atom is 0.251 e. The van der Waals surface area contributed by atoms with E-state index in [-0.39, 0.29) is 5.91 Å². The van der Waals surface area contributed by atoms with Crippen LogP contribution in [-0.4, -0.2) is 27.7 Å². The van der Waals surface area contributed by atoms with Crippen LogP contribution in [0.4, 0.5) is 0 Å². The van der Waals surface area contributed by atoms with Crippen LogP contribution in [0.1, 0.15) is 41.4 Å². The molecule has 5 heteroatoms. The maximum absolute atomic E-state index is 11.6. The number of amides is 1. The van der Waals surface area contributed by atoms with E-state index in [1.54, 1.807) is 7.05 Å². The third kappa shape index (κ3) is 3.04. The maximum atomic E-state index is 11.6. The van der Waals surface area contributed by atoms with Crippen LogP contribution in [0.3, 0.4) is 0 Å². The van der Waals surface area contributed by atoms with Crippen LogP contribution < -0.4 is 5.32 Å². The number of carbonyl (C=O) groups excluding carboxylic acids is 1. The third-order valence-corrected chi connectivity index (χ3v) is 3.17. The molecule has 0 saturated heterocycles. The largest absolute Gasteiger partial charge is 0.355 e. The summed E-state index contributed by atoms with van der Waals surface area (Å²) in [6, 6.07) is 7.59. The number of aryl methyl sites for hydroxylation is 2. The second-order valence-corrected chi connectivity index (χ2v) is 4.59. The van der Waals surface area contributed by atoms with Crippen molar-refractivity contribution in [2.45, 2.75) is 33.2 Å². The highest BCUT2D eigenvalue weighted by Gasteiger charge is 2.09. The number of nitrogens with zero attached hydrogens (tertiary/aromatic N) is 3. The third-order valence-electron chi connectivity index (χ3n) is 3.17. The molecule has 0 aliphatic carbocycles. The number of hydrogen-bond donors (Lipinski definition) is 1. The molecule has 2 rings (SSSR count). The van der Waals surface area contributed by atoms with Gasteiger partial charge in [0.2, 0.25) is 0 Å². The van der Waals surface area contributed by atoms with Gasteiger partial charge in [0.25, 0.3) is 5.91 Å². The van der Waals surface area contributed by atoms with Crippen LogP contribution in [0.2, 0.25) is 0 Å². The van der Waals surface area contributed by atoms with Gasteiger partial charge >= 0.3 is 0 Å². The first-order chi connectivity index (χ1) is 9.67. The topological polar surface area (TPSA) is 59.8 Å². The molecule has 0 bridgehead atoms. The zero-order valence-electron chi connectivity index (χ0n) is 12.2. The van der Waals surface area contributed by atoms with E-state index in [1.807, 2.05) is 35.9 Å². The summed E-state index contributed by atoms with van der Waals surface area (Å²) >= 11 is 0. The number of hydrogen-bond acceptors (Lipinski definition) is 3. The summed E-state index contributed by atoms with van der Waals surface area (Å²) in [6.07, 6.45) is 1.68. The Hall–Kier alpha value is -2.17. The van der Waals surface area contributed by atoms with Crippen LogP contribution in [0, 0.1) is 0 Å². The van der Waals surface area contributed by atoms with Gasteiger partial charge in [-0.1, -0.05) is 26.0 Å². The Morgan fingerprint density at radius 2 is 2.10 bits per heavy atom. The van der Waals surface area contributed by atoms with E-state index in [4.69, 9.17) is 0 Å². The number of benzene rings is 1. The quantitative estimate of drug-likeness (QED) is 0.903. The molecule has 20 heavy (non-hydrogen) atoms. The minimum Gasteiger partial charge on any atom is -0.355 e. The van der Waals surface area contributed by atoms with E-state index in [1.165, 1.54) is 0 Å². The Kier molecular flexibility index (Phi) is 4.50. The zero-order chi connectivity index (χ0) is 14.5. The molecule has 0 atom stereocenters. The van der Waals surface area contributed by atoms with E-state index >= 15 is 0 Å². The van der Waals surface area contributed by atoms with Gasteiger partial charge in [-0.2, -0.15) is 5.10 Å². The van der Waals surface area contributed by atoms with Crippen molar-refractivity contribution in [1.29, 1.82) is 0 Å². The van der Waals surface area contributed by atoms with E-state index in [9.17, 15) is 4.79 Å². The summed E-state index contributed by atoms with van der Waals surface area (Å²) < 4.78 is 1.92. The summed E-state index contributed by atoms with van der Waals surface area (Å²) in [4.78, 5) is 16.1. The molecule has 1 amide bonds. The van der Waals surface area contributed by atoms with Crippen molar-refractivity contribution in [3.8, 4) is 0 Å². The van der Waals surface area contributed by atoms with Gasteiger partial charge in [0, 0.05) is 25.5 Å². The lowest BCUT2D eigenvalue weighted by Crippen LogP contribution is -2.18. The molecule has 1 aromatic heterocycles. The second kappa shape index (κ2) is 6.32. The summed E-state index contributed by atoms with van der Waals surface area (Å²) in [7, 11) is 1.63. The molecule has 0 spiro atoms. The van der Waals surface area contributed by atoms with Crippen molar-refractivity contribution in [2.75, 3.05) is 7.05 Å². The average Bonchev–Trinajstić information content (AvgIpc) is 2.88. The minimum atomic E-state index is -0.0737. The molecule has 0 unspecified atom stereocenters. The zero-order valence-corrected chi connectivity index (χ0v) is 12.2. The van der Waals surface area contributed by atoms with Crippen molar-refractivity contribution >= 4 is 5.91 Å². The van der Waals surface area contributed by atoms with Gasteiger partial charge in [0.1, 0.15) is 5.82 Å². The fourth-order valence-electron chi connectivity index (χ4n) is 2.09. The summed E-state index contributed by atoms with van der Waals surface area (Å²) in [5.74, 6) is 1.77. The van der Waals surface area contributed by atoms with Gasteiger partial charge in [-0.05, 0) is 17.7 Å². The summed E-state index contributed by atoms with van der Waals surface area (Å²) in [5, 5.41) is 7.13. The Morgan fingerprint density at radius 3 is 2.75 bits per heavy atom. The predicted octanol–water partition coefficient (Wildman–Crippen LogP) is 1.81. The van der Waals surface area contributed by atoms with Gasteiger partial charge in [-0.3, -0.25) is 4.79 Å². The molecule has 0 saturated carbocycles. The van der Waals surface area contributed by atoms with E-state index < -0.39 is 0 Å². The standard InChI is InChI=1S/C15H20N4O/c1-4-13-17-14(5-2)19(18-13)10-11-7-6-8-12(9-11)15(20)16-3/h6-9H,4-5,10H2,1-3H3,(H,16,20). The summed E-state index contributed by atoms with van der Waals surface area (Å²) in [6.45, 7) is 4.76. The highest BCUT2D eigenvalue weighted by molar-refractivity contribution is 5.94. The summed E-state index contributed by atoms with van der Waals surface area (Å²) in [5.41, 5.74) is 1.72. The number of rotatable bonds is 5. The first-order valence-electron chi connectivity index (χ1n) is 6.91. The van der Waals surface area contributed by atoms with Gasteiger partial charge < -0.3 is 5.32 Å². The lowest BCUT2D eigenvalue weighted by molar-refractivity contribution is 0.0963. The lowest BCUT2D eigenvalue weighted by atomic mass is 10.1. The van der Waals surface area contributed by atoms with Crippen molar-refractivity contribution in [2.24, 2.45) is 0 Å². The molecule has 106 valence electrons. The number of nitrogens with one attached hydrogen (secondary N) is 1. The Labute approximate surface area is 119 Å². The van der Waals surface area contributed by atoms with Crippen LogP contribution in [0.5, 0.6) is 0 Å². The van der Waals surface area contributed by atoms with Crippen LogP contribution in [-0.2, 0) is 19.4 Å². The Bertz CT molecular complexity index is 604. The predicted molar refractivity (Wildman–Crippen MR) is 77.7 cm³/mol. The fourth-order valence-corrected chi connectivity index (χ4v) is 2.09. The number of carbonyl (C=O) groups is 1.